The van der Waals surface area contributed by atoms with E-state index in [0.29, 0.717) is 0 Å². The fourth-order valence-corrected chi connectivity index (χ4v) is 3.07. The second-order valence-electron chi connectivity index (χ2n) is 6.42. The van der Waals surface area contributed by atoms with Gasteiger partial charge in [0.2, 0.25) is 0 Å². The van der Waals surface area contributed by atoms with Gasteiger partial charge < -0.3 is 5.11 Å². The lowest BCUT2D eigenvalue weighted by atomic mass is 9.89. The quantitative estimate of drug-likeness (QED) is 0.512. The first-order valence-corrected chi connectivity index (χ1v) is 9.00. The second-order valence-corrected chi connectivity index (χ2v) is 9.20. The zero-order valence-electron chi connectivity index (χ0n) is 13.6. The Labute approximate surface area is 152 Å². The van der Waals surface area contributed by atoms with E-state index < -0.39 is 58.2 Å². The molecular weight excluding hydrogens is 435 g/mol. The third kappa shape index (κ3) is 5.66. The fourth-order valence-electron chi connectivity index (χ4n) is 1.86. The predicted molar refractivity (Wildman–Crippen MR) is 87.3 cm³/mol. The first-order chi connectivity index (χ1) is 11.2. The molecule has 0 aliphatic carbocycles. The molecule has 144 valence electrons. The Bertz CT molecular complexity index is 639. The van der Waals surface area contributed by atoms with Gasteiger partial charge in [-0.3, -0.25) is 0 Å². The van der Waals surface area contributed by atoms with Gasteiger partial charge in [0.15, 0.2) is 6.10 Å². The minimum Gasteiger partial charge on any atom is -0.384 e. The summed E-state index contributed by atoms with van der Waals surface area (Å²) in [5.41, 5.74) is -3.13. The number of rotatable bonds is 6. The number of nitrogens with zero attached hydrogens (tertiary/aromatic N) is 1. The summed E-state index contributed by atoms with van der Waals surface area (Å²) >= 11 is 2.94. The number of halogens is 6. The van der Waals surface area contributed by atoms with Crippen LogP contribution in [0.5, 0.6) is 0 Å². The van der Waals surface area contributed by atoms with Crippen LogP contribution in [0, 0.1) is 5.82 Å². The monoisotopic (exact) mass is 452 g/mol. The molecule has 0 bridgehead atoms. The van der Waals surface area contributed by atoms with Crippen molar-refractivity contribution in [1.29, 1.82) is 0 Å². The highest BCUT2D eigenvalue weighted by atomic mass is 79.9. The number of nitrogens with one attached hydrogen (secondary N) is 1. The molecule has 11 heteroatoms. The topological polar surface area (TPSA) is 62.2 Å². The van der Waals surface area contributed by atoms with Crippen LogP contribution in [0.15, 0.2) is 16.7 Å². The van der Waals surface area contributed by atoms with E-state index in [4.69, 9.17) is 0 Å². The molecule has 4 nitrogen and oxygen atoms in total. The van der Waals surface area contributed by atoms with Gasteiger partial charge in [-0.05, 0) is 48.8 Å². The van der Waals surface area contributed by atoms with E-state index in [0.717, 1.165) is 6.07 Å². The van der Waals surface area contributed by atoms with Crippen LogP contribution < -0.4 is 4.72 Å². The average molecular weight is 453 g/mol. The molecule has 0 aliphatic heterocycles. The van der Waals surface area contributed by atoms with Crippen molar-refractivity contribution in [2.45, 2.75) is 49.8 Å². The highest BCUT2D eigenvalue weighted by Gasteiger charge is 2.48. The predicted octanol–water partition coefficient (Wildman–Crippen LogP) is 3.51. The summed E-state index contributed by atoms with van der Waals surface area (Å²) in [6.45, 7) is 2.94. The molecule has 0 saturated carbocycles. The van der Waals surface area contributed by atoms with Crippen LogP contribution in [-0.4, -0.2) is 38.0 Å². The molecule has 0 fully saturated rings. The van der Waals surface area contributed by atoms with Gasteiger partial charge in [0.05, 0.1) is 15.7 Å². The van der Waals surface area contributed by atoms with Crippen molar-refractivity contribution in [2.24, 2.45) is 0 Å². The molecular formula is C14H18BrF5N2O2S. The van der Waals surface area contributed by atoms with Crippen LogP contribution >= 0.6 is 15.9 Å². The van der Waals surface area contributed by atoms with Gasteiger partial charge in [-0.1, -0.05) is 0 Å². The largest absolute Gasteiger partial charge is 0.414 e. The van der Waals surface area contributed by atoms with Crippen molar-refractivity contribution in [1.82, 2.24) is 9.71 Å². The van der Waals surface area contributed by atoms with Crippen molar-refractivity contribution in [2.75, 3.05) is 6.67 Å². The normalized spacial score (nSPS) is 17.8. The van der Waals surface area contributed by atoms with Crippen molar-refractivity contribution < 1.29 is 31.3 Å². The molecule has 0 aliphatic rings. The summed E-state index contributed by atoms with van der Waals surface area (Å²) in [6, 6.07) is 2.07. The molecule has 0 radical (unpaired) electrons. The molecule has 0 saturated heterocycles. The molecule has 1 heterocycles. The molecule has 3 atom stereocenters. The number of aliphatic hydroxyl groups is 1. The van der Waals surface area contributed by atoms with Crippen molar-refractivity contribution >= 4 is 26.9 Å². The number of pyridine rings is 1. The summed E-state index contributed by atoms with van der Waals surface area (Å²) in [4.78, 5) is 3.71. The number of hydrogen-bond donors (Lipinski definition) is 2. The van der Waals surface area contributed by atoms with Crippen molar-refractivity contribution in [3.63, 3.8) is 0 Å². The number of alkyl halides is 4. The van der Waals surface area contributed by atoms with E-state index in [9.17, 15) is 31.3 Å². The first-order valence-electron chi connectivity index (χ1n) is 7.06. The molecule has 25 heavy (non-hydrogen) atoms. The van der Waals surface area contributed by atoms with E-state index in [2.05, 4.69) is 25.6 Å². The summed E-state index contributed by atoms with van der Waals surface area (Å²) in [6.07, 6.45) is -9.32. The van der Waals surface area contributed by atoms with Crippen LogP contribution in [-0.2, 0) is 16.5 Å². The van der Waals surface area contributed by atoms with Gasteiger partial charge >= 0.3 is 6.18 Å². The van der Waals surface area contributed by atoms with Gasteiger partial charge in [0, 0.05) is 6.42 Å². The lowest BCUT2D eigenvalue weighted by molar-refractivity contribution is -0.210. The minimum absolute atomic E-state index is 0.0477. The summed E-state index contributed by atoms with van der Waals surface area (Å²) in [5, 5.41) is 9.40. The first kappa shape index (κ1) is 22.4. The lowest BCUT2D eigenvalue weighted by Crippen LogP contribution is -2.53. The van der Waals surface area contributed by atoms with Crippen molar-refractivity contribution in [3.05, 3.63) is 28.2 Å². The van der Waals surface area contributed by atoms with E-state index in [1.165, 1.54) is 26.8 Å². The Morgan fingerprint density at radius 1 is 1.32 bits per heavy atom. The zero-order chi connectivity index (χ0) is 19.6. The van der Waals surface area contributed by atoms with Gasteiger partial charge in [-0.2, -0.15) is 13.2 Å². The second kappa shape index (κ2) is 7.93. The fraction of sp³-hybridized carbons (Fsp3) is 0.643. The molecule has 0 spiro atoms. The molecule has 2 N–H and O–H groups in total. The molecule has 1 aromatic rings. The number of aromatic nitrogens is 1. The SMILES string of the molecule is CC(C)(C)S(=O)N[C@@](CF)(C[C@@H](O)C(F)(F)F)c1nc(Br)ccc1F. The number of aliphatic hydroxyl groups excluding tert-OH is 1. The Hall–Kier alpha value is -0.650. The zero-order valence-corrected chi connectivity index (χ0v) is 16.0. The Morgan fingerprint density at radius 3 is 2.32 bits per heavy atom. The smallest absolute Gasteiger partial charge is 0.384 e. The third-order valence-electron chi connectivity index (χ3n) is 3.26. The van der Waals surface area contributed by atoms with Crippen molar-refractivity contribution in [3.8, 4) is 0 Å². The maximum Gasteiger partial charge on any atom is 0.414 e. The molecule has 0 amide bonds. The van der Waals surface area contributed by atoms with Gasteiger partial charge in [-0.25, -0.2) is 22.7 Å². The van der Waals surface area contributed by atoms with Gasteiger partial charge in [0.25, 0.3) is 0 Å². The molecule has 1 unspecified atom stereocenters. The van der Waals surface area contributed by atoms with E-state index in [1.54, 1.807) is 0 Å². The third-order valence-corrected chi connectivity index (χ3v) is 5.39. The van der Waals surface area contributed by atoms with Crippen LogP contribution in [0.4, 0.5) is 22.0 Å². The average Bonchev–Trinajstić information content (AvgIpc) is 2.46. The summed E-state index contributed by atoms with van der Waals surface area (Å²) < 4.78 is 80.1. The Kier molecular flexibility index (Phi) is 7.10. The highest BCUT2D eigenvalue weighted by Crippen LogP contribution is 2.35. The van der Waals surface area contributed by atoms with Gasteiger partial charge in [0.1, 0.15) is 28.3 Å². The molecule has 1 rings (SSSR count). The van der Waals surface area contributed by atoms with E-state index in [1.807, 2.05) is 0 Å². The maximum absolute atomic E-state index is 14.2. The molecule has 1 aromatic heterocycles. The standard InChI is InChI=1S/C14H18BrF5N2O2S/c1-12(2,3)25(24)22-13(7-16,6-9(23)14(18,19)20)11-8(17)4-5-10(15)21-11/h4-5,9,22-23H,6-7H2,1-3H3/t9-,13-,25?/m1/s1. The number of hydrogen-bond acceptors (Lipinski definition) is 3. The Balaban J connectivity index is 3.47. The van der Waals surface area contributed by atoms with E-state index in [-0.39, 0.29) is 4.60 Å². The van der Waals surface area contributed by atoms with Crippen LogP contribution in [0.3, 0.4) is 0 Å². The highest BCUT2D eigenvalue weighted by molar-refractivity contribution is 9.10. The summed E-state index contributed by atoms with van der Waals surface area (Å²) in [5.74, 6) is -1.09. The lowest BCUT2D eigenvalue weighted by Gasteiger charge is -2.35. The maximum atomic E-state index is 14.2. The minimum atomic E-state index is -5.06. The van der Waals surface area contributed by atoms with Crippen LogP contribution in [0.25, 0.3) is 0 Å². The molecule has 0 aromatic carbocycles. The Morgan fingerprint density at radius 2 is 1.88 bits per heavy atom. The summed E-state index contributed by atoms with van der Waals surface area (Å²) in [7, 11) is -2.06. The van der Waals surface area contributed by atoms with Crippen LogP contribution in [0.1, 0.15) is 32.9 Å². The van der Waals surface area contributed by atoms with E-state index >= 15 is 0 Å². The van der Waals surface area contributed by atoms with Crippen LogP contribution in [0.2, 0.25) is 0 Å². The van der Waals surface area contributed by atoms with Gasteiger partial charge in [-0.15, -0.1) is 0 Å².